The van der Waals surface area contributed by atoms with E-state index in [0.717, 1.165) is 11.0 Å². The molecule has 0 unspecified atom stereocenters. The largest absolute Gasteiger partial charge is 0.507 e. The fourth-order valence-electron chi connectivity index (χ4n) is 5.05. The molecule has 48 heavy (non-hydrogen) atoms. The van der Waals surface area contributed by atoms with E-state index in [1.807, 2.05) is 0 Å². The predicted octanol–water partition coefficient (Wildman–Crippen LogP) is 1.70. The van der Waals surface area contributed by atoms with Gasteiger partial charge in [0.25, 0.3) is 0 Å². The number of amidine groups is 1. The molecule has 1 aromatic heterocycles. The molecule has 4 rings (SSSR count). The van der Waals surface area contributed by atoms with Crippen molar-refractivity contribution in [2.45, 2.75) is 24.2 Å². The van der Waals surface area contributed by atoms with Gasteiger partial charge in [-0.05, 0) is 55.8 Å². The summed E-state index contributed by atoms with van der Waals surface area (Å²) >= 11 is 0. The van der Waals surface area contributed by atoms with E-state index in [-0.39, 0.29) is 38.8 Å². The number of nitrogen functional groups attached to an aromatic ring is 1. The summed E-state index contributed by atoms with van der Waals surface area (Å²) in [5.41, 5.74) is 4.35. The first-order valence-electron chi connectivity index (χ1n) is 14.0. The van der Waals surface area contributed by atoms with Crippen LogP contribution in [0.2, 0.25) is 0 Å². The molecule has 0 aliphatic carbocycles. The summed E-state index contributed by atoms with van der Waals surface area (Å²) < 4.78 is 47.6. The van der Waals surface area contributed by atoms with Gasteiger partial charge in [-0.2, -0.15) is 0 Å². The molecule has 0 radical (unpaired) electrons. The maximum absolute atomic E-state index is 14.1. The van der Waals surface area contributed by atoms with Gasteiger partial charge in [-0.1, -0.05) is 12.1 Å². The van der Waals surface area contributed by atoms with Crippen LogP contribution >= 0.6 is 15.2 Å². The number of sulfonamides is 1. The standard InChI is InChI=1S/C28H34N6O11P2S/c1-28(2,27(37)34(8-10-46(38,39)40)9-11-47(41,42)43)19-14-18(26-32-20-7-6-16(25(29)30)13-21(20)33-26)23(35)22(24(19)36)15-4-3-5-17(12-15)48(31,44)45/h3-7,12-14,35-36H,8-11H2,1-2H3,(H3,29,30)(H,32,33)(H2,31,44,45)(H2,38,39,40)(H2,41,42,43). The predicted molar refractivity (Wildman–Crippen MR) is 176 cm³/mol. The van der Waals surface area contributed by atoms with Crippen molar-refractivity contribution >= 4 is 48.0 Å². The SMILES string of the molecule is CC(C)(C(=O)N(CCP(=O)(O)O)CCP(=O)(O)O)c1cc(-c2nc3cc(C(=N)N)ccc3[nH]2)c(O)c(-c2cccc(S(N)(=O)=O)c2)c1O. The maximum Gasteiger partial charge on any atom is 0.327 e. The minimum absolute atomic E-state index is 0.0245. The smallest absolute Gasteiger partial charge is 0.327 e. The van der Waals surface area contributed by atoms with Gasteiger partial charge in [0.1, 0.15) is 23.2 Å². The molecule has 17 nitrogen and oxygen atoms in total. The normalized spacial score (nSPS) is 12.7. The first-order chi connectivity index (χ1) is 22.0. The van der Waals surface area contributed by atoms with Crippen molar-refractivity contribution in [3.8, 4) is 34.0 Å². The highest BCUT2D eigenvalue weighted by Gasteiger charge is 2.39. The molecule has 0 atom stereocenters. The third-order valence-corrected chi connectivity index (χ3v) is 10.1. The van der Waals surface area contributed by atoms with Gasteiger partial charge < -0.3 is 45.4 Å². The van der Waals surface area contributed by atoms with Crippen LogP contribution in [-0.2, 0) is 29.4 Å². The molecule has 258 valence electrons. The lowest BCUT2D eigenvalue weighted by molar-refractivity contribution is -0.135. The number of carbonyl (C=O) groups is 1. The fourth-order valence-corrected chi connectivity index (χ4v) is 6.61. The zero-order valence-corrected chi connectivity index (χ0v) is 28.1. The minimum Gasteiger partial charge on any atom is -0.507 e. The first kappa shape index (κ1) is 36.7. The molecule has 3 aromatic carbocycles. The monoisotopic (exact) mass is 724 g/mol. The Kier molecular flexibility index (Phi) is 9.99. The van der Waals surface area contributed by atoms with Gasteiger partial charge in [0.15, 0.2) is 0 Å². The number of aromatic nitrogens is 2. The number of amides is 1. The number of fused-ring (bicyclic) bond motifs is 1. The van der Waals surface area contributed by atoms with Crippen molar-refractivity contribution in [1.82, 2.24) is 14.9 Å². The molecule has 4 aromatic rings. The number of carbonyl (C=O) groups excluding carboxylic acids is 1. The van der Waals surface area contributed by atoms with Gasteiger partial charge in [0.2, 0.25) is 15.9 Å². The lowest BCUT2D eigenvalue weighted by Gasteiger charge is -2.34. The number of phenols is 2. The van der Waals surface area contributed by atoms with Gasteiger partial charge in [-0.15, -0.1) is 0 Å². The summed E-state index contributed by atoms with van der Waals surface area (Å²) in [5, 5.41) is 36.3. The average molecular weight is 725 g/mol. The first-order valence-corrected chi connectivity index (χ1v) is 19.1. The zero-order valence-electron chi connectivity index (χ0n) is 25.5. The Hall–Kier alpha value is -4.12. The number of nitrogens with one attached hydrogen (secondary N) is 2. The van der Waals surface area contributed by atoms with E-state index in [1.54, 1.807) is 12.1 Å². The van der Waals surface area contributed by atoms with E-state index in [2.05, 4.69) is 9.97 Å². The van der Waals surface area contributed by atoms with Crippen molar-refractivity contribution in [2.75, 3.05) is 25.4 Å². The molecule has 1 amide bonds. The number of hydrogen-bond acceptors (Lipinski definition) is 9. The second-order valence-corrected chi connectivity index (χ2v) is 16.7. The molecule has 0 bridgehead atoms. The summed E-state index contributed by atoms with van der Waals surface area (Å²) in [5.74, 6) is -2.36. The highest BCUT2D eigenvalue weighted by Crippen LogP contribution is 2.49. The molecule has 0 aliphatic rings. The van der Waals surface area contributed by atoms with Gasteiger partial charge in [0, 0.05) is 24.2 Å². The Balaban J connectivity index is 1.98. The highest BCUT2D eigenvalue weighted by atomic mass is 32.2. The van der Waals surface area contributed by atoms with E-state index in [1.165, 1.54) is 44.2 Å². The van der Waals surface area contributed by atoms with E-state index in [9.17, 15) is 52.1 Å². The van der Waals surface area contributed by atoms with Gasteiger partial charge in [-0.25, -0.2) is 18.5 Å². The summed E-state index contributed by atoms with van der Waals surface area (Å²) in [7, 11) is -13.6. The Labute approximate surface area is 274 Å². The summed E-state index contributed by atoms with van der Waals surface area (Å²) in [6, 6.07) is 10.9. The van der Waals surface area contributed by atoms with Crippen LogP contribution in [0.4, 0.5) is 0 Å². The number of H-pyrrole nitrogens is 1. The molecule has 0 spiro atoms. The van der Waals surface area contributed by atoms with Crippen LogP contribution in [0.25, 0.3) is 33.5 Å². The van der Waals surface area contributed by atoms with Gasteiger partial charge in [0.05, 0.1) is 44.8 Å². The molecule has 0 fully saturated rings. The molecule has 12 N–H and O–H groups in total. The Morgan fingerprint density at radius 3 is 2.12 bits per heavy atom. The van der Waals surface area contributed by atoms with Crippen molar-refractivity contribution in [2.24, 2.45) is 10.9 Å². The van der Waals surface area contributed by atoms with Crippen LogP contribution in [0.5, 0.6) is 11.5 Å². The number of rotatable bonds is 12. The van der Waals surface area contributed by atoms with Crippen LogP contribution in [0.3, 0.4) is 0 Å². The number of aromatic hydroxyl groups is 2. The Bertz CT molecular complexity index is 2110. The molecular weight excluding hydrogens is 690 g/mol. The summed E-state index contributed by atoms with van der Waals surface area (Å²) in [6.45, 7) is 1.50. The number of primary sulfonamides is 1. The molecule has 0 saturated carbocycles. The lowest BCUT2D eigenvalue weighted by atomic mass is 9.79. The quantitative estimate of drug-likeness (QED) is 0.0566. The lowest BCUT2D eigenvalue weighted by Crippen LogP contribution is -2.46. The van der Waals surface area contributed by atoms with Crippen LogP contribution in [0.15, 0.2) is 53.4 Å². The van der Waals surface area contributed by atoms with Crippen molar-refractivity contribution in [1.29, 1.82) is 5.41 Å². The second kappa shape index (κ2) is 13.1. The van der Waals surface area contributed by atoms with Crippen LogP contribution in [-0.4, -0.2) is 90.2 Å². The summed E-state index contributed by atoms with van der Waals surface area (Å²) in [6.07, 6.45) is -1.65. The van der Waals surface area contributed by atoms with Gasteiger partial charge >= 0.3 is 15.2 Å². The number of benzene rings is 3. The molecule has 20 heteroatoms. The number of imidazole rings is 1. The van der Waals surface area contributed by atoms with Crippen LogP contribution < -0.4 is 10.9 Å². The Morgan fingerprint density at radius 1 is 0.979 bits per heavy atom. The van der Waals surface area contributed by atoms with Crippen molar-refractivity contribution in [3.05, 3.63) is 59.7 Å². The number of nitrogens with two attached hydrogens (primary N) is 2. The molecular formula is C28H34N6O11P2S. The maximum atomic E-state index is 14.1. The number of phenolic OH excluding ortho intramolecular Hbond substituents is 2. The topological polar surface area (TPSA) is 315 Å². The second-order valence-electron chi connectivity index (χ2n) is 11.5. The van der Waals surface area contributed by atoms with E-state index in [4.69, 9.17) is 16.3 Å². The number of aromatic amines is 1. The molecule has 0 saturated heterocycles. The van der Waals surface area contributed by atoms with Gasteiger partial charge in [-0.3, -0.25) is 19.3 Å². The third-order valence-electron chi connectivity index (χ3n) is 7.59. The molecule has 0 aliphatic heterocycles. The van der Waals surface area contributed by atoms with E-state index in [0.29, 0.717) is 16.6 Å². The van der Waals surface area contributed by atoms with E-state index >= 15 is 0 Å². The molecule has 1 heterocycles. The Morgan fingerprint density at radius 2 is 1.58 bits per heavy atom. The van der Waals surface area contributed by atoms with Crippen molar-refractivity contribution in [3.63, 3.8) is 0 Å². The van der Waals surface area contributed by atoms with Crippen molar-refractivity contribution < 1.29 is 52.1 Å². The van der Waals surface area contributed by atoms with E-state index < -0.39 is 73.4 Å². The third kappa shape index (κ3) is 8.11. The zero-order chi connectivity index (χ0) is 36.0. The minimum atomic E-state index is -4.67. The number of hydrogen-bond donors (Lipinski definition) is 10. The highest BCUT2D eigenvalue weighted by molar-refractivity contribution is 7.89. The number of nitrogens with zero attached hydrogens (tertiary/aromatic N) is 2. The summed E-state index contributed by atoms with van der Waals surface area (Å²) in [4.78, 5) is 59.9. The fraction of sp³-hybridized carbons (Fsp3) is 0.250. The average Bonchev–Trinajstić information content (AvgIpc) is 3.38. The van der Waals surface area contributed by atoms with Crippen LogP contribution in [0.1, 0.15) is 25.0 Å². The van der Waals surface area contributed by atoms with Crippen LogP contribution in [0, 0.1) is 5.41 Å².